The van der Waals surface area contributed by atoms with E-state index >= 15 is 0 Å². The van der Waals surface area contributed by atoms with E-state index < -0.39 is 0 Å². The molecule has 0 aromatic rings. The molecular formula is C14H19NO. The summed E-state index contributed by atoms with van der Waals surface area (Å²) >= 11 is 0. The Morgan fingerprint density at radius 1 is 1.25 bits per heavy atom. The van der Waals surface area contributed by atoms with Crippen LogP contribution in [0.15, 0.2) is 22.3 Å². The molecule has 0 spiro atoms. The predicted molar refractivity (Wildman–Crippen MR) is 63.7 cm³/mol. The number of nitrogens with two attached hydrogens (primary N) is 1. The fraction of sp³-hybridized carbons (Fsp3) is 0.643. The molecule has 1 saturated carbocycles. The number of allylic oxidation sites excluding steroid dienone is 3. The van der Waals surface area contributed by atoms with Gasteiger partial charge in [-0.3, -0.25) is 4.79 Å². The molecule has 0 saturated heterocycles. The van der Waals surface area contributed by atoms with Crippen molar-refractivity contribution >= 4 is 5.91 Å². The van der Waals surface area contributed by atoms with Crippen molar-refractivity contribution in [3.05, 3.63) is 22.3 Å². The maximum absolute atomic E-state index is 11.2. The normalized spacial score (nSPS) is 28.4. The van der Waals surface area contributed by atoms with Crippen LogP contribution in [0.3, 0.4) is 0 Å². The molecule has 0 aromatic heterocycles. The second-order valence-corrected chi connectivity index (χ2v) is 5.38. The van der Waals surface area contributed by atoms with E-state index in [9.17, 15) is 4.79 Å². The first-order valence-electron chi connectivity index (χ1n) is 6.47. The van der Waals surface area contributed by atoms with E-state index in [1.165, 1.54) is 56.1 Å². The van der Waals surface area contributed by atoms with Gasteiger partial charge >= 0.3 is 0 Å². The van der Waals surface area contributed by atoms with E-state index in [2.05, 4.69) is 0 Å². The van der Waals surface area contributed by atoms with Gasteiger partial charge in [0.15, 0.2) is 0 Å². The number of carbonyl (C=O) groups is 1. The summed E-state index contributed by atoms with van der Waals surface area (Å²) in [5.74, 6) is 0.597. The van der Waals surface area contributed by atoms with Crippen molar-refractivity contribution in [3.63, 3.8) is 0 Å². The molecule has 1 atom stereocenters. The van der Waals surface area contributed by atoms with Crippen LogP contribution in [0, 0.1) is 5.92 Å². The van der Waals surface area contributed by atoms with E-state index in [-0.39, 0.29) is 5.91 Å². The highest BCUT2D eigenvalue weighted by Crippen LogP contribution is 2.49. The maximum Gasteiger partial charge on any atom is 0.221 e. The standard InChI is InChI=1S/C14H19NO/c15-14(16)8-13-11-5-1-3-9(11)7-10-4-2-6-12(10)13/h9H,1-8H2,(H2,15,16). The van der Waals surface area contributed by atoms with Gasteiger partial charge in [0.2, 0.25) is 5.91 Å². The molecule has 16 heavy (non-hydrogen) atoms. The molecule has 0 bridgehead atoms. The molecule has 2 N–H and O–H groups in total. The summed E-state index contributed by atoms with van der Waals surface area (Å²) in [6.45, 7) is 0. The first kappa shape index (κ1) is 10.1. The van der Waals surface area contributed by atoms with Gasteiger partial charge in [-0.1, -0.05) is 11.1 Å². The lowest BCUT2D eigenvalue weighted by Gasteiger charge is -2.25. The first-order valence-corrected chi connectivity index (χ1v) is 6.47. The average Bonchev–Trinajstić information content (AvgIpc) is 2.83. The Morgan fingerprint density at radius 3 is 2.94 bits per heavy atom. The van der Waals surface area contributed by atoms with Crippen LogP contribution in [0.25, 0.3) is 0 Å². The molecule has 2 nitrogen and oxygen atoms in total. The van der Waals surface area contributed by atoms with Crippen molar-refractivity contribution in [1.82, 2.24) is 0 Å². The fourth-order valence-corrected chi connectivity index (χ4v) is 3.82. The van der Waals surface area contributed by atoms with E-state index in [1.54, 1.807) is 11.1 Å². The molecule has 3 aliphatic carbocycles. The fourth-order valence-electron chi connectivity index (χ4n) is 3.82. The summed E-state index contributed by atoms with van der Waals surface area (Å²) in [7, 11) is 0. The molecule has 3 rings (SSSR count). The number of fused-ring (bicyclic) bond motifs is 1. The third kappa shape index (κ3) is 1.51. The van der Waals surface area contributed by atoms with Gasteiger partial charge in [0.1, 0.15) is 0 Å². The molecule has 2 heteroatoms. The van der Waals surface area contributed by atoms with Gasteiger partial charge in [0, 0.05) is 0 Å². The van der Waals surface area contributed by atoms with Gasteiger partial charge in [0.05, 0.1) is 6.42 Å². The Hall–Kier alpha value is -1.05. The molecule has 3 aliphatic rings. The smallest absolute Gasteiger partial charge is 0.221 e. The Morgan fingerprint density at radius 2 is 2.12 bits per heavy atom. The summed E-state index contributed by atoms with van der Waals surface area (Å²) in [6, 6.07) is 0. The lowest BCUT2D eigenvalue weighted by atomic mass is 9.80. The number of rotatable bonds is 2. The molecular weight excluding hydrogens is 198 g/mol. The lowest BCUT2D eigenvalue weighted by Crippen LogP contribution is -2.17. The van der Waals surface area contributed by atoms with Crippen LogP contribution in [-0.4, -0.2) is 5.91 Å². The van der Waals surface area contributed by atoms with E-state index in [0.29, 0.717) is 6.42 Å². The Labute approximate surface area is 96.6 Å². The summed E-state index contributed by atoms with van der Waals surface area (Å²) in [5.41, 5.74) is 11.5. The molecule has 0 heterocycles. The van der Waals surface area contributed by atoms with Crippen LogP contribution < -0.4 is 5.73 Å². The Kier molecular flexibility index (Phi) is 2.38. The molecule has 0 aliphatic heterocycles. The SMILES string of the molecule is NC(=O)CC1=C2CCCC2CC2=C1CCC2. The summed E-state index contributed by atoms with van der Waals surface area (Å²) in [5, 5.41) is 0. The van der Waals surface area contributed by atoms with Gasteiger partial charge in [-0.05, 0) is 62.0 Å². The topological polar surface area (TPSA) is 43.1 Å². The first-order chi connectivity index (χ1) is 7.75. The van der Waals surface area contributed by atoms with Crippen molar-refractivity contribution in [2.45, 2.75) is 51.4 Å². The van der Waals surface area contributed by atoms with Crippen LogP contribution in [-0.2, 0) is 4.79 Å². The van der Waals surface area contributed by atoms with Gasteiger partial charge in [0.25, 0.3) is 0 Å². The highest BCUT2D eigenvalue weighted by atomic mass is 16.1. The predicted octanol–water partition coefficient (Wildman–Crippen LogP) is 2.84. The van der Waals surface area contributed by atoms with Gasteiger partial charge in [-0.15, -0.1) is 0 Å². The number of hydrogen-bond acceptors (Lipinski definition) is 1. The van der Waals surface area contributed by atoms with Crippen molar-refractivity contribution in [3.8, 4) is 0 Å². The van der Waals surface area contributed by atoms with Crippen molar-refractivity contribution < 1.29 is 4.79 Å². The molecule has 1 amide bonds. The van der Waals surface area contributed by atoms with Gasteiger partial charge in [-0.25, -0.2) is 0 Å². The number of hydrogen-bond donors (Lipinski definition) is 1. The zero-order valence-electron chi connectivity index (χ0n) is 9.72. The third-order valence-electron chi connectivity index (χ3n) is 4.42. The van der Waals surface area contributed by atoms with E-state index in [4.69, 9.17) is 5.73 Å². The van der Waals surface area contributed by atoms with Crippen molar-refractivity contribution in [2.75, 3.05) is 0 Å². The highest BCUT2D eigenvalue weighted by Gasteiger charge is 2.33. The quantitative estimate of drug-likeness (QED) is 0.759. The minimum absolute atomic E-state index is 0.159. The second-order valence-electron chi connectivity index (χ2n) is 5.38. The maximum atomic E-state index is 11.2. The lowest BCUT2D eigenvalue weighted by molar-refractivity contribution is -0.117. The van der Waals surface area contributed by atoms with Crippen LogP contribution in [0.1, 0.15) is 51.4 Å². The number of carbonyl (C=O) groups excluding carboxylic acids is 1. The van der Waals surface area contributed by atoms with E-state index in [1.807, 2.05) is 0 Å². The largest absolute Gasteiger partial charge is 0.369 e. The third-order valence-corrected chi connectivity index (χ3v) is 4.42. The van der Waals surface area contributed by atoms with Crippen LogP contribution in [0.5, 0.6) is 0 Å². The highest BCUT2D eigenvalue weighted by molar-refractivity contribution is 5.78. The Balaban J connectivity index is 2.01. The number of primary amides is 1. The minimum Gasteiger partial charge on any atom is -0.369 e. The summed E-state index contributed by atoms with van der Waals surface area (Å²) in [6.07, 6.45) is 9.36. The van der Waals surface area contributed by atoms with Gasteiger partial charge < -0.3 is 5.73 Å². The van der Waals surface area contributed by atoms with Crippen LogP contribution in [0.2, 0.25) is 0 Å². The molecule has 0 aromatic carbocycles. The second kappa shape index (κ2) is 3.76. The summed E-state index contributed by atoms with van der Waals surface area (Å²) < 4.78 is 0. The summed E-state index contributed by atoms with van der Waals surface area (Å²) in [4.78, 5) is 11.2. The molecule has 86 valence electrons. The zero-order valence-corrected chi connectivity index (χ0v) is 9.72. The Bertz CT molecular complexity index is 403. The van der Waals surface area contributed by atoms with Crippen LogP contribution >= 0.6 is 0 Å². The van der Waals surface area contributed by atoms with Crippen molar-refractivity contribution in [2.24, 2.45) is 11.7 Å². The zero-order chi connectivity index (χ0) is 11.1. The molecule has 1 fully saturated rings. The van der Waals surface area contributed by atoms with Gasteiger partial charge in [-0.2, -0.15) is 0 Å². The van der Waals surface area contributed by atoms with Crippen molar-refractivity contribution in [1.29, 1.82) is 0 Å². The van der Waals surface area contributed by atoms with Crippen LogP contribution in [0.4, 0.5) is 0 Å². The van der Waals surface area contributed by atoms with E-state index in [0.717, 1.165) is 5.92 Å². The molecule has 1 unspecified atom stereocenters. The monoisotopic (exact) mass is 217 g/mol. The minimum atomic E-state index is -0.159. The average molecular weight is 217 g/mol. The number of amides is 1. The molecule has 0 radical (unpaired) electrons.